The molecule has 0 bridgehead atoms. The topological polar surface area (TPSA) is 406 Å². The molecule has 4 rings (SSSR count). The second kappa shape index (κ2) is 27.4. The quantitative estimate of drug-likeness (QED) is 0.00958. The lowest BCUT2D eigenvalue weighted by Gasteiger charge is -2.33. The smallest absolute Gasteiger partial charge is 0.280 e. The number of hydrogen-bond donors (Lipinski definition) is 16. The summed E-state index contributed by atoms with van der Waals surface area (Å²) in [5, 5.41) is 107. The Hall–Kier alpha value is -4.74. The van der Waals surface area contributed by atoms with E-state index in [1.807, 2.05) is 36.4 Å². The van der Waals surface area contributed by atoms with Gasteiger partial charge in [-0.15, -0.1) is 0 Å². The van der Waals surface area contributed by atoms with E-state index in [4.69, 9.17) is 33.1 Å². The first kappa shape index (κ1) is 55.9. The van der Waals surface area contributed by atoms with Crippen LogP contribution in [0.2, 0.25) is 0 Å². The average Bonchev–Trinajstić information content (AvgIpc) is 3.33. The lowest BCUT2D eigenvalue weighted by molar-refractivity contribution is -0.130. The molecule has 3 aromatic carbocycles. The minimum Gasteiger partial charge on any atom is -0.394 e. The predicted molar refractivity (Wildman–Crippen MR) is 263 cm³/mol. The van der Waals surface area contributed by atoms with Crippen LogP contribution in [0.3, 0.4) is 0 Å². The molecule has 20 N–H and O–H groups in total. The maximum absolute atomic E-state index is 13.3. The van der Waals surface area contributed by atoms with E-state index in [1.165, 1.54) is 4.90 Å². The van der Waals surface area contributed by atoms with Crippen LogP contribution in [0.5, 0.6) is 0 Å². The number of alkyl halides is 1. The van der Waals surface area contributed by atoms with E-state index in [1.54, 1.807) is 24.3 Å². The lowest BCUT2D eigenvalue weighted by Crippen LogP contribution is -2.53. The SMILES string of the molecule is NC(=NCCCCc1ccc(C[C@@H](N)C(=O)Nc2ccc(CCCN(C[C@H](O)[C@@H](O)[C@H](O)[C@H](O)CO)C[C@H](O)[C@@H](O)[C@H](O)[C@H](O)CO)cc2)c2ccccc12)NC(=O)c1nc(CI)c(N)nc1N. The number of hydrogen-bond acceptors (Lipinski definition) is 19. The first-order valence-corrected chi connectivity index (χ1v) is 23.5. The minimum atomic E-state index is -1.89. The zero-order chi connectivity index (χ0) is 50.1. The molecule has 0 saturated carbocycles. The Balaban J connectivity index is 1.29. The molecule has 0 aliphatic carbocycles. The van der Waals surface area contributed by atoms with E-state index in [-0.39, 0.29) is 55.3 Å². The number of halogens is 1. The number of carbonyl (C=O) groups excluding carboxylic acids is 2. The third-order valence-corrected chi connectivity index (χ3v) is 12.1. The van der Waals surface area contributed by atoms with Crippen molar-refractivity contribution < 1.29 is 60.7 Å². The number of rotatable bonds is 27. The Morgan fingerprint density at radius 3 is 1.84 bits per heavy atom. The third kappa shape index (κ3) is 16.2. The van der Waals surface area contributed by atoms with Gasteiger partial charge in [-0.1, -0.05) is 71.1 Å². The number of carbonyl (C=O) groups is 2. The number of aliphatic hydroxyl groups excluding tert-OH is 10. The average molecular weight is 1060 g/mol. The van der Waals surface area contributed by atoms with Crippen LogP contribution in [-0.2, 0) is 28.5 Å². The van der Waals surface area contributed by atoms with Crippen LogP contribution in [0.25, 0.3) is 10.8 Å². The highest BCUT2D eigenvalue weighted by Crippen LogP contribution is 2.26. The van der Waals surface area contributed by atoms with E-state index in [0.717, 1.165) is 40.3 Å². The van der Waals surface area contributed by atoms with E-state index in [0.29, 0.717) is 41.6 Å². The summed E-state index contributed by atoms with van der Waals surface area (Å²) in [6.45, 7) is -1.97. The maximum atomic E-state index is 13.3. The zero-order valence-corrected chi connectivity index (χ0v) is 39.6. The fraction of sp³-hybridized carbons (Fsp3) is 0.489. The molecule has 4 aromatic rings. The van der Waals surface area contributed by atoms with Gasteiger partial charge in [-0.3, -0.25) is 24.8 Å². The molecule has 22 nitrogen and oxygen atoms in total. The number of aliphatic hydroxyl groups is 10. The molecule has 2 amide bonds. The molecule has 1 heterocycles. The van der Waals surface area contributed by atoms with E-state index in [9.17, 15) is 50.4 Å². The monoisotopic (exact) mass is 1060 g/mol. The van der Waals surface area contributed by atoms with Gasteiger partial charge >= 0.3 is 0 Å². The molecule has 0 aliphatic heterocycles. The number of nitrogens with zero attached hydrogens (tertiary/aromatic N) is 4. The highest BCUT2D eigenvalue weighted by atomic mass is 127. The van der Waals surface area contributed by atoms with Gasteiger partial charge < -0.3 is 79.3 Å². The Bertz CT molecular complexity index is 2230. The van der Waals surface area contributed by atoms with Crippen molar-refractivity contribution in [3.05, 3.63) is 88.7 Å². The van der Waals surface area contributed by atoms with Gasteiger partial charge in [0.15, 0.2) is 17.5 Å². The fourth-order valence-corrected chi connectivity index (χ4v) is 7.94. The van der Waals surface area contributed by atoms with Crippen molar-refractivity contribution in [2.45, 2.75) is 97.8 Å². The van der Waals surface area contributed by atoms with Crippen molar-refractivity contribution >= 4 is 68.5 Å². The number of unbranched alkanes of at least 4 members (excludes halogenated alkanes) is 1. The number of nitrogens with two attached hydrogens (primary N) is 4. The molecule has 0 spiro atoms. The number of amides is 2. The summed E-state index contributed by atoms with van der Waals surface area (Å²) < 4.78 is 0.444. The van der Waals surface area contributed by atoms with Crippen molar-refractivity contribution in [1.29, 1.82) is 0 Å². The van der Waals surface area contributed by atoms with Crippen LogP contribution in [0.15, 0.2) is 65.7 Å². The van der Waals surface area contributed by atoms with Crippen LogP contribution in [0.1, 0.15) is 52.1 Å². The normalized spacial score (nSPS) is 16.1. The van der Waals surface area contributed by atoms with Crippen LogP contribution in [-0.4, -0.2) is 178 Å². The number of fused-ring (bicyclic) bond motifs is 1. The van der Waals surface area contributed by atoms with Crippen molar-refractivity contribution in [3.8, 4) is 0 Å². The minimum absolute atomic E-state index is 0.0703. The van der Waals surface area contributed by atoms with Crippen LogP contribution in [0, 0.1) is 0 Å². The molecule has 374 valence electrons. The molecular weight excluding hydrogens is 999 g/mol. The number of benzene rings is 3. The second-order valence-corrected chi connectivity index (χ2v) is 17.3. The summed E-state index contributed by atoms with van der Waals surface area (Å²) in [7, 11) is 0. The highest BCUT2D eigenvalue weighted by Gasteiger charge is 2.34. The third-order valence-electron chi connectivity index (χ3n) is 11.3. The molecule has 1 aromatic heterocycles. The van der Waals surface area contributed by atoms with Crippen LogP contribution < -0.4 is 33.6 Å². The predicted octanol–water partition coefficient (Wildman–Crippen LogP) is -2.59. The van der Waals surface area contributed by atoms with Gasteiger partial charge in [0.2, 0.25) is 5.91 Å². The Morgan fingerprint density at radius 2 is 1.26 bits per heavy atom. The Labute approximate surface area is 406 Å². The number of anilines is 3. The largest absolute Gasteiger partial charge is 0.394 e. The Morgan fingerprint density at radius 1 is 0.706 bits per heavy atom. The molecule has 0 saturated heterocycles. The van der Waals surface area contributed by atoms with Gasteiger partial charge in [0.05, 0.1) is 37.2 Å². The summed E-state index contributed by atoms with van der Waals surface area (Å²) in [5.41, 5.74) is 27.8. The second-order valence-electron chi connectivity index (χ2n) is 16.5. The summed E-state index contributed by atoms with van der Waals surface area (Å²) in [5.74, 6) is -1.04. The number of nitrogen functional groups attached to an aromatic ring is 2. The molecular formula is C45H65IN10O12. The van der Waals surface area contributed by atoms with Crippen molar-refractivity contribution in [2.24, 2.45) is 16.5 Å². The summed E-state index contributed by atoms with van der Waals surface area (Å²) >= 11 is 2.06. The van der Waals surface area contributed by atoms with Gasteiger partial charge in [-0.05, 0) is 84.7 Å². The Kier molecular flexibility index (Phi) is 22.5. The zero-order valence-electron chi connectivity index (χ0n) is 37.4. The van der Waals surface area contributed by atoms with Crippen LogP contribution in [0.4, 0.5) is 17.3 Å². The van der Waals surface area contributed by atoms with E-state index >= 15 is 0 Å². The van der Waals surface area contributed by atoms with Gasteiger partial charge in [0, 0.05) is 29.7 Å². The standard InChI is InChI=1S/C45H65IN10O12/c46-19-31-41(48)54-42(49)36(53-31)44(68)55-45(50)51-16-4-3-7-25-12-13-26(29-9-2-1-8-28(25)29)18-30(47)43(67)52-27-14-10-24(11-15-27)6-5-17-56(20-32(59)37(63)39(65)34(61)22-57)21-33(60)38(64)40(66)35(62)23-58/h1-2,8-15,30,32-35,37-40,57-66H,3-7,16-23,47H2,(H,52,67)(H4,48,49,54)(H3,50,51,55,68)/t30-,32+,33+,34-,35-,37-,38-,39-,40-/m1/s1. The van der Waals surface area contributed by atoms with Gasteiger partial charge in [0.25, 0.3) is 5.91 Å². The van der Waals surface area contributed by atoms with Crippen molar-refractivity contribution in [2.75, 3.05) is 56.2 Å². The van der Waals surface area contributed by atoms with E-state index < -0.39 is 74.0 Å². The van der Waals surface area contributed by atoms with Crippen molar-refractivity contribution in [1.82, 2.24) is 20.2 Å². The number of nitrogens with one attached hydrogen (secondary N) is 2. The highest BCUT2D eigenvalue weighted by molar-refractivity contribution is 14.1. The summed E-state index contributed by atoms with van der Waals surface area (Å²) in [4.78, 5) is 39.8. The van der Waals surface area contributed by atoms with Gasteiger partial charge in [0.1, 0.15) is 42.4 Å². The molecule has 0 aliphatic rings. The molecule has 0 fully saturated rings. The molecule has 0 unspecified atom stereocenters. The van der Waals surface area contributed by atoms with Crippen LogP contribution >= 0.6 is 22.6 Å². The number of aliphatic imine (C=N–C) groups is 1. The first-order valence-electron chi connectivity index (χ1n) is 22.0. The molecule has 0 radical (unpaired) electrons. The molecule has 23 heteroatoms. The molecule has 68 heavy (non-hydrogen) atoms. The van der Waals surface area contributed by atoms with E-state index in [2.05, 4.69) is 48.2 Å². The lowest BCUT2D eigenvalue weighted by atomic mass is 9.93. The summed E-state index contributed by atoms with van der Waals surface area (Å²) in [6, 6.07) is 18.0. The first-order chi connectivity index (χ1) is 32.4. The molecule has 9 atom stereocenters. The van der Waals surface area contributed by atoms with Crippen molar-refractivity contribution in [3.63, 3.8) is 0 Å². The number of aromatic nitrogens is 2. The van der Waals surface area contributed by atoms with Gasteiger partial charge in [-0.2, -0.15) is 0 Å². The number of aryl methyl sites for hydroxylation is 2. The fourth-order valence-electron chi connectivity index (χ4n) is 7.38. The maximum Gasteiger partial charge on any atom is 0.280 e. The number of guanidine groups is 1. The van der Waals surface area contributed by atoms with Gasteiger partial charge in [-0.25, -0.2) is 9.97 Å². The summed E-state index contributed by atoms with van der Waals surface area (Å²) in [6.07, 6.45) is -11.0.